The Morgan fingerprint density at radius 3 is 2.33 bits per heavy atom. The van der Waals surface area contributed by atoms with E-state index < -0.39 is 16.1 Å². The highest BCUT2D eigenvalue weighted by atomic mass is 32.2. The number of carbonyl (C=O) groups excluding carboxylic acids is 2. The van der Waals surface area contributed by atoms with Gasteiger partial charge in [-0.1, -0.05) is 54.6 Å². The van der Waals surface area contributed by atoms with Crippen molar-refractivity contribution < 1.29 is 22.7 Å². The predicted molar refractivity (Wildman–Crippen MR) is 140 cm³/mol. The summed E-state index contributed by atoms with van der Waals surface area (Å²) in [5.41, 5.74) is 2.98. The molecule has 0 radical (unpaired) electrons. The summed E-state index contributed by atoms with van der Waals surface area (Å²) in [4.78, 5) is 27.8. The number of rotatable bonds is 8. The number of hydrogen-bond donors (Lipinski definition) is 1. The molecule has 1 aliphatic heterocycles. The minimum Gasteiger partial charge on any atom is -0.477 e. The van der Waals surface area contributed by atoms with E-state index in [2.05, 4.69) is 5.32 Å². The number of amides is 2. The van der Waals surface area contributed by atoms with Gasteiger partial charge in [-0.05, 0) is 41.8 Å². The molecular formula is C27H29N3O5S. The monoisotopic (exact) mass is 507 g/mol. The molecule has 0 saturated heterocycles. The van der Waals surface area contributed by atoms with E-state index in [1.54, 1.807) is 47.4 Å². The van der Waals surface area contributed by atoms with Crippen LogP contribution in [-0.4, -0.2) is 52.7 Å². The van der Waals surface area contributed by atoms with Gasteiger partial charge in [0.2, 0.25) is 15.9 Å². The van der Waals surface area contributed by atoms with Gasteiger partial charge in [-0.25, -0.2) is 8.42 Å². The van der Waals surface area contributed by atoms with Gasteiger partial charge < -0.3 is 15.0 Å². The molecule has 0 spiro atoms. The number of nitrogens with zero attached hydrogens (tertiary/aromatic N) is 2. The second-order valence-electron chi connectivity index (χ2n) is 8.68. The molecule has 36 heavy (non-hydrogen) atoms. The molecule has 2 amide bonds. The maximum atomic E-state index is 13.3. The second-order valence-corrected chi connectivity index (χ2v) is 10.7. The molecule has 9 heteroatoms. The van der Waals surface area contributed by atoms with Gasteiger partial charge in [-0.15, -0.1) is 0 Å². The molecule has 3 aromatic carbocycles. The lowest BCUT2D eigenvalue weighted by molar-refractivity contribution is -0.128. The first-order valence-corrected chi connectivity index (χ1v) is 13.5. The third-order valence-corrected chi connectivity index (χ3v) is 7.28. The van der Waals surface area contributed by atoms with E-state index in [-0.39, 0.29) is 24.8 Å². The van der Waals surface area contributed by atoms with Crippen molar-refractivity contribution in [3.63, 3.8) is 0 Å². The minimum absolute atomic E-state index is 0.0968. The summed E-state index contributed by atoms with van der Waals surface area (Å²) in [6.45, 7) is 0.564. The van der Waals surface area contributed by atoms with E-state index in [0.29, 0.717) is 30.1 Å². The molecule has 1 aliphatic rings. The first-order valence-electron chi connectivity index (χ1n) is 11.6. The largest absolute Gasteiger partial charge is 0.477 e. The van der Waals surface area contributed by atoms with Crippen molar-refractivity contribution in [2.24, 2.45) is 0 Å². The van der Waals surface area contributed by atoms with Gasteiger partial charge >= 0.3 is 0 Å². The van der Waals surface area contributed by atoms with E-state index in [1.165, 1.54) is 11.4 Å². The lowest BCUT2D eigenvalue weighted by atomic mass is 10.1. The van der Waals surface area contributed by atoms with Crippen LogP contribution in [0.5, 0.6) is 5.75 Å². The zero-order valence-electron chi connectivity index (χ0n) is 20.3. The Balaban J connectivity index is 1.43. The summed E-state index contributed by atoms with van der Waals surface area (Å²) in [6.07, 6.45) is 1.10. The Hall–Kier alpha value is -3.85. The molecule has 1 N–H and O–H groups in total. The Morgan fingerprint density at radius 1 is 0.972 bits per heavy atom. The van der Waals surface area contributed by atoms with E-state index in [1.807, 2.05) is 36.4 Å². The summed E-state index contributed by atoms with van der Waals surface area (Å²) in [6, 6.07) is 23.8. The Labute approximate surface area is 211 Å². The highest BCUT2D eigenvalue weighted by Gasteiger charge is 2.33. The van der Waals surface area contributed by atoms with Crippen LogP contribution in [0.4, 0.5) is 11.4 Å². The first kappa shape index (κ1) is 25.2. The van der Waals surface area contributed by atoms with Crippen molar-refractivity contribution in [3.05, 3.63) is 90.0 Å². The van der Waals surface area contributed by atoms with Crippen LogP contribution in [0, 0.1) is 0 Å². The van der Waals surface area contributed by atoms with Gasteiger partial charge in [0, 0.05) is 13.6 Å². The SMILES string of the molecule is CN(c1ccc(CC(=O)N2C[C@H](C(=O)NCCc3ccccc3)Oc3ccccc32)cc1)S(C)(=O)=O. The summed E-state index contributed by atoms with van der Waals surface area (Å²) in [5, 5.41) is 2.91. The van der Waals surface area contributed by atoms with E-state index in [4.69, 9.17) is 4.74 Å². The van der Waals surface area contributed by atoms with Gasteiger partial charge in [0.25, 0.3) is 5.91 Å². The minimum atomic E-state index is -3.37. The van der Waals surface area contributed by atoms with Gasteiger partial charge in [-0.3, -0.25) is 13.9 Å². The van der Waals surface area contributed by atoms with Crippen molar-refractivity contribution in [1.29, 1.82) is 0 Å². The smallest absolute Gasteiger partial charge is 0.262 e. The Kier molecular flexibility index (Phi) is 7.59. The van der Waals surface area contributed by atoms with Crippen LogP contribution < -0.4 is 19.3 Å². The van der Waals surface area contributed by atoms with Crippen LogP contribution in [0.25, 0.3) is 0 Å². The molecule has 188 valence electrons. The summed E-state index contributed by atoms with van der Waals surface area (Å²) in [7, 11) is -1.90. The second kappa shape index (κ2) is 10.8. The number of benzene rings is 3. The highest BCUT2D eigenvalue weighted by Crippen LogP contribution is 2.33. The molecule has 4 rings (SSSR count). The maximum absolute atomic E-state index is 13.3. The van der Waals surface area contributed by atoms with Gasteiger partial charge in [0.15, 0.2) is 6.10 Å². The van der Waals surface area contributed by atoms with Crippen molar-refractivity contribution in [2.45, 2.75) is 18.9 Å². The molecular weight excluding hydrogens is 478 g/mol. The Morgan fingerprint density at radius 2 is 1.64 bits per heavy atom. The normalized spacial score (nSPS) is 14.9. The van der Waals surface area contributed by atoms with Crippen LogP contribution >= 0.6 is 0 Å². The number of para-hydroxylation sites is 2. The summed E-state index contributed by atoms with van der Waals surface area (Å²) >= 11 is 0. The fraction of sp³-hybridized carbons (Fsp3) is 0.259. The average Bonchev–Trinajstić information content (AvgIpc) is 2.88. The topological polar surface area (TPSA) is 96.0 Å². The standard InChI is InChI=1S/C27H29N3O5S/c1-29(36(2,33)34)22-14-12-21(13-15-22)18-26(31)30-19-25(35-24-11-7-6-10-23(24)30)27(32)28-17-16-20-8-4-3-5-9-20/h3-15,25H,16-19H2,1-2H3,(H,28,32)/t25-/m1/s1. The number of carbonyl (C=O) groups is 2. The highest BCUT2D eigenvalue weighted by molar-refractivity contribution is 7.92. The lowest BCUT2D eigenvalue weighted by Crippen LogP contribution is -2.51. The fourth-order valence-corrected chi connectivity index (χ4v) is 4.49. The number of nitrogens with one attached hydrogen (secondary N) is 1. The zero-order valence-corrected chi connectivity index (χ0v) is 21.1. The van der Waals surface area contributed by atoms with Crippen LogP contribution in [0.3, 0.4) is 0 Å². The molecule has 0 saturated carbocycles. The first-order chi connectivity index (χ1) is 17.2. The number of ether oxygens (including phenoxy) is 1. The number of anilines is 2. The molecule has 0 aromatic heterocycles. The lowest BCUT2D eigenvalue weighted by Gasteiger charge is -2.34. The van der Waals surface area contributed by atoms with Crippen LogP contribution in [0.2, 0.25) is 0 Å². The van der Waals surface area contributed by atoms with Crippen molar-refractivity contribution in [2.75, 3.05) is 35.6 Å². The van der Waals surface area contributed by atoms with Crippen LogP contribution in [-0.2, 0) is 32.5 Å². The third kappa shape index (κ3) is 6.04. The van der Waals surface area contributed by atoms with Crippen LogP contribution in [0.15, 0.2) is 78.9 Å². The molecule has 0 aliphatic carbocycles. The summed E-state index contributed by atoms with van der Waals surface area (Å²) in [5.74, 6) is 0.0221. The molecule has 0 bridgehead atoms. The molecule has 1 heterocycles. The molecule has 0 fully saturated rings. The fourth-order valence-electron chi connectivity index (χ4n) is 3.98. The Bertz CT molecular complexity index is 1330. The van der Waals surface area contributed by atoms with Crippen molar-refractivity contribution in [1.82, 2.24) is 5.32 Å². The predicted octanol–water partition coefficient (Wildman–Crippen LogP) is 2.78. The van der Waals surface area contributed by atoms with Crippen molar-refractivity contribution >= 4 is 33.2 Å². The zero-order chi connectivity index (χ0) is 25.7. The van der Waals surface area contributed by atoms with Crippen molar-refractivity contribution in [3.8, 4) is 5.75 Å². The molecule has 3 aromatic rings. The molecule has 8 nitrogen and oxygen atoms in total. The van der Waals surface area contributed by atoms with E-state index >= 15 is 0 Å². The van der Waals surface area contributed by atoms with E-state index in [9.17, 15) is 18.0 Å². The van der Waals surface area contributed by atoms with Gasteiger partial charge in [0.1, 0.15) is 5.75 Å². The van der Waals surface area contributed by atoms with E-state index in [0.717, 1.165) is 17.4 Å². The van der Waals surface area contributed by atoms with Gasteiger partial charge in [-0.2, -0.15) is 0 Å². The molecule has 1 atom stereocenters. The third-order valence-electron chi connectivity index (χ3n) is 6.08. The molecule has 0 unspecified atom stereocenters. The summed E-state index contributed by atoms with van der Waals surface area (Å²) < 4.78 is 30.6. The maximum Gasteiger partial charge on any atom is 0.262 e. The average molecular weight is 508 g/mol. The quantitative estimate of drug-likeness (QED) is 0.506. The van der Waals surface area contributed by atoms with Crippen LogP contribution in [0.1, 0.15) is 11.1 Å². The van der Waals surface area contributed by atoms with Gasteiger partial charge in [0.05, 0.1) is 30.6 Å². The number of hydrogen-bond acceptors (Lipinski definition) is 5. The number of fused-ring (bicyclic) bond motifs is 1. The number of sulfonamides is 1.